The number of aromatic nitrogens is 2. The first kappa shape index (κ1) is 21.9. The summed E-state index contributed by atoms with van der Waals surface area (Å²) in [5.41, 5.74) is 13.9. The van der Waals surface area contributed by atoms with Crippen molar-refractivity contribution in [1.29, 1.82) is 0 Å². The minimum absolute atomic E-state index is 0.0704. The highest BCUT2D eigenvalue weighted by molar-refractivity contribution is 6.31. The van der Waals surface area contributed by atoms with E-state index in [1.807, 2.05) is 0 Å². The lowest BCUT2D eigenvalue weighted by molar-refractivity contribution is 0.210. The molecule has 160 valence electrons. The number of aliphatic hydroxyl groups excluding tert-OH is 1. The summed E-state index contributed by atoms with van der Waals surface area (Å²) in [6, 6.07) is 0.133. The zero-order valence-corrected chi connectivity index (χ0v) is 17.7. The van der Waals surface area contributed by atoms with E-state index in [1.54, 1.807) is 18.2 Å². The van der Waals surface area contributed by atoms with Crippen molar-refractivity contribution in [2.75, 3.05) is 17.7 Å². The molecular formula is C22H28ClN5O2. The van der Waals surface area contributed by atoms with Gasteiger partial charge < -0.3 is 26.6 Å². The smallest absolute Gasteiger partial charge is 0.223 e. The van der Waals surface area contributed by atoms with Gasteiger partial charge in [-0.3, -0.25) is 0 Å². The fraction of sp³-hybridized carbons (Fsp3) is 0.364. The van der Waals surface area contributed by atoms with Crippen molar-refractivity contribution in [3.63, 3.8) is 0 Å². The molecular weight excluding hydrogens is 402 g/mol. The highest BCUT2D eigenvalue weighted by Crippen LogP contribution is 2.34. The van der Waals surface area contributed by atoms with Gasteiger partial charge >= 0.3 is 0 Å². The molecule has 0 bridgehead atoms. The SMILES string of the molecule is C=C1/C=C(/c2c(Cl)nc(N)nc2N[C@H]2CCCCC(CO)C2)O/C=C\C(C(=C)N)=C/1. The molecule has 2 atom stereocenters. The Kier molecular flexibility index (Phi) is 7.18. The first-order valence-electron chi connectivity index (χ1n) is 9.98. The number of nitrogens with one attached hydrogen (secondary N) is 1. The highest BCUT2D eigenvalue weighted by atomic mass is 35.5. The molecule has 30 heavy (non-hydrogen) atoms. The van der Waals surface area contributed by atoms with E-state index in [9.17, 15) is 5.11 Å². The van der Waals surface area contributed by atoms with Crippen molar-refractivity contribution < 1.29 is 9.84 Å². The Morgan fingerprint density at radius 2 is 2.07 bits per heavy atom. The average molecular weight is 430 g/mol. The lowest BCUT2D eigenvalue weighted by atomic mass is 9.99. The van der Waals surface area contributed by atoms with Gasteiger partial charge in [-0.05, 0) is 49.0 Å². The third-order valence-corrected chi connectivity index (χ3v) is 5.50. The Labute approximate surface area is 181 Å². The number of hydrogen-bond donors (Lipinski definition) is 4. The predicted molar refractivity (Wildman–Crippen MR) is 121 cm³/mol. The zero-order chi connectivity index (χ0) is 21.7. The van der Waals surface area contributed by atoms with Crippen LogP contribution in [0.2, 0.25) is 5.15 Å². The van der Waals surface area contributed by atoms with Crippen molar-refractivity contribution in [2.45, 2.75) is 38.1 Å². The molecule has 1 aliphatic carbocycles. The Balaban J connectivity index is 1.96. The maximum Gasteiger partial charge on any atom is 0.223 e. The van der Waals surface area contributed by atoms with Crippen LogP contribution in [-0.2, 0) is 4.74 Å². The topological polar surface area (TPSA) is 119 Å². The molecule has 7 nitrogen and oxygen atoms in total. The number of allylic oxidation sites excluding steroid dienone is 4. The molecule has 1 aromatic rings. The van der Waals surface area contributed by atoms with E-state index in [-0.39, 0.29) is 29.7 Å². The molecule has 1 aliphatic heterocycles. The van der Waals surface area contributed by atoms with Crippen LogP contribution in [0.3, 0.4) is 0 Å². The number of rotatable bonds is 5. The van der Waals surface area contributed by atoms with Gasteiger partial charge in [0.1, 0.15) is 16.7 Å². The number of aliphatic hydroxyl groups is 1. The standard InChI is InChI=1S/C22H28ClN5O2/c1-13-9-16(14(2)24)7-8-30-18(10-13)19-20(23)27-22(25)28-21(19)26-17-6-4-3-5-15(11-17)12-29/h7-10,15,17,29H,1-6,11-12,24H2,(H3,25,26,27,28)/b8-7-,16-9+,18-10-/t15?,17-/m0/s1. The summed E-state index contributed by atoms with van der Waals surface area (Å²) < 4.78 is 5.83. The van der Waals surface area contributed by atoms with Gasteiger partial charge in [0.25, 0.3) is 0 Å². The van der Waals surface area contributed by atoms with E-state index in [2.05, 4.69) is 28.4 Å². The van der Waals surface area contributed by atoms with Crippen molar-refractivity contribution in [3.05, 3.63) is 65.2 Å². The van der Waals surface area contributed by atoms with Crippen LogP contribution < -0.4 is 16.8 Å². The number of hydrogen-bond acceptors (Lipinski definition) is 7. The second kappa shape index (κ2) is 9.82. The summed E-state index contributed by atoms with van der Waals surface area (Å²) in [4.78, 5) is 8.49. The molecule has 6 N–H and O–H groups in total. The summed E-state index contributed by atoms with van der Waals surface area (Å²) in [6.45, 7) is 7.95. The molecule has 0 amide bonds. The van der Waals surface area contributed by atoms with E-state index < -0.39 is 0 Å². The van der Waals surface area contributed by atoms with Crippen LogP contribution in [0.5, 0.6) is 0 Å². The van der Waals surface area contributed by atoms with Gasteiger partial charge in [-0.2, -0.15) is 4.98 Å². The summed E-state index contributed by atoms with van der Waals surface area (Å²) in [5, 5.41) is 13.3. The quantitative estimate of drug-likeness (QED) is 0.413. The third kappa shape index (κ3) is 5.43. The fourth-order valence-corrected chi connectivity index (χ4v) is 4.00. The van der Waals surface area contributed by atoms with Crippen LogP contribution in [0.1, 0.15) is 37.7 Å². The minimum atomic E-state index is 0.0704. The summed E-state index contributed by atoms with van der Waals surface area (Å²) >= 11 is 6.46. The van der Waals surface area contributed by atoms with Crippen molar-refractivity contribution in [2.24, 2.45) is 11.7 Å². The summed E-state index contributed by atoms with van der Waals surface area (Å²) in [7, 11) is 0. The largest absolute Gasteiger partial charge is 0.464 e. The Morgan fingerprint density at radius 1 is 1.30 bits per heavy atom. The van der Waals surface area contributed by atoms with E-state index in [4.69, 9.17) is 27.8 Å². The Bertz CT molecular complexity index is 922. The van der Waals surface area contributed by atoms with Crippen LogP contribution in [0, 0.1) is 5.92 Å². The minimum Gasteiger partial charge on any atom is -0.464 e. The number of nitrogens with zero attached hydrogens (tertiary/aromatic N) is 2. The molecule has 1 unspecified atom stereocenters. The van der Waals surface area contributed by atoms with E-state index >= 15 is 0 Å². The molecule has 0 saturated heterocycles. The van der Waals surface area contributed by atoms with Gasteiger partial charge in [0.05, 0.1) is 11.8 Å². The molecule has 0 spiro atoms. The molecule has 2 aliphatic rings. The number of anilines is 2. The summed E-state index contributed by atoms with van der Waals surface area (Å²) in [5.74, 6) is 1.27. The van der Waals surface area contributed by atoms with Gasteiger partial charge in [0, 0.05) is 23.9 Å². The van der Waals surface area contributed by atoms with E-state index in [1.165, 1.54) is 6.26 Å². The lowest BCUT2D eigenvalue weighted by Crippen LogP contribution is -2.24. The first-order chi connectivity index (χ1) is 14.4. The van der Waals surface area contributed by atoms with Gasteiger partial charge in [0.15, 0.2) is 0 Å². The van der Waals surface area contributed by atoms with Crippen LogP contribution in [0.4, 0.5) is 11.8 Å². The third-order valence-electron chi connectivity index (χ3n) is 5.23. The molecule has 3 rings (SSSR count). The van der Waals surface area contributed by atoms with Crippen LogP contribution in [0.15, 0.2) is 54.5 Å². The van der Waals surface area contributed by atoms with Crippen molar-refractivity contribution in [1.82, 2.24) is 9.97 Å². The van der Waals surface area contributed by atoms with Gasteiger partial charge in [-0.1, -0.05) is 37.6 Å². The van der Waals surface area contributed by atoms with Gasteiger partial charge in [0.2, 0.25) is 5.95 Å². The van der Waals surface area contributed by atoms with Crippen LogP contribution >= 0.6 is 11.6 Å². The van der Waals surface area contributed by atoms with Crippen LogP contribution in [-0.4, -0.2) is 27.7 Å². The molecule has 1 fully saturated rings. The van der Waals surface area contributed by atoms with Gasteiger partial charge in [-0.25, -0.2) is 4.98 Å². The summed E-state index contributed by atoms with van der Waals surface area (Å²) in [6.07, 6.45) is 11.8. The molecule has 1 saturated carbocycles. The zero-order valence-electron chi connectivity index (χ0n) is 16.9. The van der Waals surface area contributed by atoms with Crippen molar-refractivity contribution in [3.8, 4) is 0 Å². The molecule has 2 heterocycles. The molecule has 1 aromatic heterocycles. The van der Waals surface area contributed by atoms with Crippen molar-refractivity contribution >= 4 is 29.1 Å². The van der Waals surface area contributed by atoms with Gasteiger partial charge in [-0.15, -0.1) is 0 Å². The number of ether oxygens (including phenoxy) is 1. The molecule has 8 heteroatoms. The van der Waals surface area contributed by atoms with E-state index in [0.29, 0.717) is 34.0 Å². The van der Waals surface area contributed by atoms with E-state index in [0.717, 1.165) is 32.1 Å². The Hall–Kier alpha value is -2.77. The Morgan fingerprint density at radius 3 is 2.80 bits per heavy atom. The van der Waals surface area contributed by atoms with Crippen LogP contribution in [0.25, 0.3) is 5.76 Å². The first-order valence-corrected chi connectivity index (χ1v) is 10.4. The molecule has 0 aromatic carbocycles. The second-order valence-corrected chi connectivity index (χ2v) is 7.99. The monoisotopic (exact) mass is 429 g/mol. The second-order valence-electron chi connectivity index (χ2n) is 7.64. The normalized spacial score (nSPS) is 26.7. The number of halogens is 1. The molecule has 0 radical (unpaired) electrons. The fourth-order valence-electron chi connectivity index (χ4n) is 3.73. The average Bonchev–Trinajstić information content (AvgIpc) is 2.89. The lowest BCUT2D eigenvalue weighted by Gasteiger charge is -2.23. The number of nitrogens with two attached hydrogens (primary N) is 2. The predicted octanol–water partition coefficient (Wildman–Crippen LogP) is 3.91. The highest BCUT2D eigenvalue weighted by Gasteiger charge is 2.24. The maximum absolute atomic E-state index is 9.63. The number of nitrogen functional groups attached to an aromatic ring is 1. The maximum atomic E-state index is 9.63.